The number of rotatable bonds is 4. The summed E-state index contributed by atoms with van der Waals surface area (Å²) >= 11 is 0. The van der Waals surface area contributed by atoms with E-state index >= 15 is 0 Å². The van der Waals surface area contributed by atoms with Crippen LogP contribution in [0.25, 0.3) is 0 Å². The molecule has 1 aromatic heterocycles. The molecule has 7 nitrogen and oxygen atoms in total. The Balaban J connectivity index is 1.80. The van der Waals surface area contributed by atoms with E-state index in [1.54, 1.807) is 19.2 Å². The summed E-state index contributed by atoms with van der Waals surface area (Å²) in [6.45, 7) is 0.0723. The smallest absolute Gasteiger partial charge is 0.231 e. The van der Waals surface area contributed by atoms with Gasteiger partial charge in [0, 0.05) is 7.05 Å². The number of nitrogens with one attached hydrogen (secondary N) is 1. The SMILES string of the molecule is Cn1nnnc1CNS(=O)(=O)c1ccc2c(c1)CCC2. The van der Waals surface area contributed by atoms with Crippen molar-refractivity contribution in [1.82, 2.24) is 24.9 Å². The minimum Gasteiger partial charge on any atom is -0.231 e. The molecule has 0 saturated carbocycles. The van der Waals surface area contributed by atoms with Crippen molar-refractivity contribution in [1.29, 1.82) is 0 Å². The first-order valence-corrected chi connectivity index (χ1v) is 7.87. The Kier molecular flexibility index (Phi) is 3.27. The summed E-state index contributed by atoms with van der Waals surface area (Å²) in [5.74, 6) is 0.467. The molecule has 1 aliphatic rings. The molecule has 0 amide bonds. The van der Waals surface area contributed by atoms with Gasteiger partial charge in [-0.2, -0.15) is 0 Å². The van der Waals surface area contributed by atoms with Gasteiger partial charge in [0.05, 0.1) is 11.4 Å². The fraction of sp³-hybridized carbons (Fsp3) is 0.417. The van der Waals surface area contributed by atoms with Crippen LogP contribution in [0.1, 0.15) is 23.4 Å². The molecule has 0 saturated heterocycles. The molecular formula is C12H15N5O2S. The summed E-state index contributed by atoms with van der Waals surface area (Å²) in [4.78, 5) is 0.299. The van der Waals surface area contributed by atoms with Crippen LogP contribution in [0.3, 0.4) is 0 Å². The number of sulfonamides is 1. The number of hydrogen-bond donors (Lipinski definition) is 1. The van der Waals surface area contributed by atoms with Crippen molar-refractivity contribution in [2.75, 3.05) is 0 Å². The highest BCUT2D eigenvalue weighted by Crippen LogP contribution is 2.24. The lowest BCUT2D eigenvalue weighted by Crippen LogP contribution is -2.25. The van der Waals surface area contributed by atoms with Crippen molar-refractivity contribution >= 4 is 10.0 Å². The molecule has 106 valence electrons. The third kappa shape index (κ3) is 2.44. The molecular weight excluding hydrogens is 278 g/mol. The van der Waals surface area contributed by atoms with Crippen LogP contribution in [0.5, 0.6) is 0 Å². The fourth-order valence-electron chi connectivity index (χ4n) is 2.36. The van der Waals surface area contributed by atoms with Gasteiger partial charge in [0.2, 0.25) is 10.0 Å². The molecule has 1 N–H and O–H groups in total. The second-order valence-electron chi connectivity index (χ2n) is 4.83. The van der Waals surface area contributed by atoms with E-state index in [9.17, 15) is 8.42 Å². The van der Waals surface area contributed by atoms with Gasteiger partial charge in [0.15, 0.2) is 5.82 Å². The third-order valence-corrected chi connectivity index (χ3v) is 4.91. The van der Waals surface area contributed by atoms with E-state index in [2.05, 4.69) is 20.2 Å². The molecule has 1 aliphatic carbocycles. The number of tetrazole rings is 1. The van der Waals surface area contributed by atoms with Crippen molar-refractivity contribution in [2.24, 2.45) is 7.05 Å². The second-order valence-corrected chi connectivity index (χ2v) is 6.59. The molecule has 0 spiro atoms. The van der Waals surface area contributed by atoms with E-state index < -0.39 is 10.0 Å². The maximum absolute atomic E-state index is 12.2. The molecule has 0 unspecified atom stereocenters. The van der Waals surface area contributed by atoms with Crippen LogP contribution in [-0.2, 0) is 36.5 Å². The Bertz CT molecular complexity index is 738. The first kappa shape index (κ1) is 13.2. The van der Waals surface area contributed by atoms with Crippen molar-refractivity contribution in [3.05, 3.63) is 35.2 Å². The number of aryl methyl sites for hydroxylation is 3. The average Bonchev–Trinajstić information content (AvgIpc) is 3.04. The molecule has 0 fully saturated rings. The van der Waals surface area contributed by atoms with Crippen molar-refractivity contribution in [3.8, 4) is 0 Å². The maximum atomic E-state index is 12.2. The molecule has 20 heavy (non-hydrogen) atoms. The first-order chi connectivity index (χ1) is 9.56. The lowest BCUT2D eigenvalue weighted by molar-refractivity contribution is 0.575. The molecule has 0 radical (unpaired) electrons. The standard InChI is InChI=1S/C12H15N5O2S/c1-17-12(14-15-16-17)8-13-20(18,19)11-6-5-9-3-2-4-10(9)7-11/h5-7,13H,2-4,8H2,1H3. The van der Waals surface area contributed by atoms with E-state index in [0.717, 1.165) is 24.8 Å². The van der Waals surface area contributed by atoms with Gasteiger partial charge in [-0.1, -0.05) is 6.07 Å². The van der Waals surface area contributed by atoms with Crippen LogP contribution in [0.15, 0.2) is 23.1 Å². The molecule has 1 heterocycles. The Morgan fingerprint density at radius 2 is 2.10 bits per heavy atom. The summed E-state index contributed by atoms with van der Waals surface area (Å²) < 4.78 is 28.5. The summed E-state index contributed by atoms with van der Waals surface area (Å²) in [5.41, 5.74) is 2.38. The third-order valence-electron chi connectivity index (χ3n) is 3.51. The topological polar surface area (TPSA) is 89.8 Å². The monoisotopic (exact) mass is 293 g/mol. The number of hydrogen-bond acceptors (Lipinski definition) is 5. The highest BCUT2D eigenvalue weighted by Gasteiger charge is 2.19. The summed E-state index contributed by atoms with van der Waals surface area (Å²) in [5, 5.41) is 10.9. The van der Waals surface area contributed by atoms with Crippen molar-refractivity contribution in [3.63, 3.8) is 0 Å². The molecule has 0 bridgehead atoms. The quantitative estimate of drug-likeness (QED) is 0.868. The van der Waals surface area contributed by atoms with Crippen LogP contribution in [0.2, 0.25) is 0 Å². The maximum Gasteiger partial charge on any atom is 0.240 e. The lowest BCUT2D eigenvalue weighted by atomic mass is 10.1. The van der Waals surface area contributed by atoms with Gasteiger partial charge in [-0.15, -0.1) is 5.10 Å². The largest absolute Gasteiger partial charge is 0.240 e. The van der Waals surface area contributed by atoms with Crippen molar-refractivity contribution < 1.29 is 8.42 Å². The zero-order valence-electron chi connectivity index (χ0n) is 11.1. The average molecular weight is 293 g/mol. The Hall–Kier alpha value is -1.80. The minimum atomic E-state index is -3.53. The normalized spacial score (nSPS) is 14.4. The van der Waals surface area contributed by atoms with E-state index in [1.807, 2.05) is 6.07 Å². The van der Waals surface area contributed by atoms with Crippen LogP contribution in [-0.4, -0.2) is 28.6 Å². The van der Waals surface area contributed by atoms with Gasteiger partial charge in [0.25, 0.3) is 0 Å². The Morgan fingerprint density at radius 1 is 1.30 bits per heavy atom. The van der Waals surface area contributed by atoms with Crippen LogP contribution in [0, 0.1) is 0 Å². The molecule has 2 aromatic rings. The van der Waals surface area contributed by atoms with Gasteiger partial charge in [-0.05, 0) is 52.9 Å². The van der Waals surface area contributed by atoms with E-state index in [-0.39, 0.29) is 6.54 Å². The summed E-state index contributed by atoms with van der Waals surface area (Å²) in [7, 11) is -1.87. The molecule has 0 aliphatic heterocycles. The van der Waals surface area contributed by atoms with E-state index in [1.165, 1.54) is 10.2 Å². The number of fused-ring (bicyclic) bond motifs is 1. The predicted molar refractivity (Wildman–Crippen MR) is 71.3 cm³/mol. The summed E-state index contributed by atoms with van der Waals surface area (Å²) in [6, 6.07) is 5.32. The molecule has 0 atom stereocenters. The second kappa shape index (κ2) is 4.95. The van der Waals surface area contributed by atoms with E-state index in [0.29, 0.717) is 10.7 Å². The fourth-order valence-corrected chi connectivity index (χ4v) is 3.39. The lowest BCUT2D eigenvalue weighted by Gasteiger charge is -2.07. The van der Waals surface area contributed by atoms with Gasteiger partial charge in [-0.25, -0.2) is 17.8 Å². The van der Waals surface area contributed by atoms with Gasteiger partial charge >= 0.3 is 0 Å². The summed E-state index contributed by atoms with van der Waals surface area (Å²) in [6.07, 6.45) is 3.08. The van der Waals surface area contributed by atoms with Crippen LogP contribution in [0.4, 0.5) is 0 Å². The van der Waals surface area contributed by atoms with E-state index in [4.69, 9.17) is 0 Å². The number of nitrogens with zero attached hydrogens (tertiary/aromatic N) is 4. The van der Waals surface area contributed by atoms with Crippen LogP contribution < -0.4 is 4.72 Å². The van der Waals surface area contributed by atoms with Gasteiger partial charge in [-0.3, -0.25) is 0 Å². The molecule has 1 aromatic carbocycles. The molecule has 3 rings (SSSR count). The predicted octanol–water partition coefficient (Wildman–Crippen LogP) is 0.177. The zero-order chi connectivity index (χ0) is 14.2. The van der Waals surface area contributed by atoms with Gasteiger partial charge < -0.3 is 0 Å². The Morgan fingerprint density at radius 3 is 2.85 bits per heavy atom. The van der Waals surface area contributed by atoms with Gasteiger partial charge in [0.1, 0.15) is 0 Å². The first-order valence-electron chi connectivity index (χ1n) is 6.39. The highest BCUT2D eigenvalue weighted by atomic mass is 32.2. The minimum absolute atomic E-state index is 0.0723. The van der Waals surface area contributed by atoms with Crippen molar-refractivity contribution in [2.45, 2.75) is 30.7 Å². The molecule has 8 heteroatoms. The number of benzene rings is 1. The zero-order valence-corrected chi connectivity index (χ0v) is 11.9. The van der Waals surface area contributed by atoms with Crippen LogP contribution >= 0.6 is 0 Å². The number of aromatic nitrogens is 4. The highest BCUT2D eigenvalue weighted by molar-refractivity contribution is 7.89. The Labute approximate surface area is 117 Å².